The average molecular weight is 294 g/mol. The molecule has 1 aliphatic rings. The Morgan fingerprint density at radius 3 is 2.36 bits per heavy atom. The Bertz CT molecular complexity index is 722. The highest BCUT2D eigenvalue weighted by Gasteiger charge is 2.39. The van der Waals surface area contributed by atoms with E-state index in [9.17, 15) is 9.59 Å². The number of rotatable bonds is 3. The number of hydrogen-bond donors (Lipinski definition) is 1. The molecule has 0 bridgehead atoms. The lowest BCUT2D eigenvalue weighted by atomic mass is 10.1. The number of carbonyl (C=O) groups is 2. The number of para-hydroxylation sites is 1. The van der Waals surface area contributed by atoms with Gasteiger partial charge in [0.15, 0.2) is 0 Å². The van der Waals surface area contributed by atoms with Crippen molar-refractivity contribution in [3.8, 4) is 0 Å². The predicted molar refractivity (Wildman–Crippen MR) is 86.9 cm³/mol. The molecule has 0 spiro atoms. The molecule has 2 amide bonds. The highest BCUT2D eigenvalue weighted by molar-refractivity contribution is 6.23. The van der Waals surface area contributed by atoms with Gasteiger partial charge in [0.05, 0.1) is 12.1 Å². The number of hydrogen-bond acceptors (Lipinski definition) is 3. The summed E-state index contributed by atoms with van der Waals surface area (Å²) in [6, 6.07) is 14.7. The lowest BCUT2D eigenvalue weighted by Gasteiger charge is -2.17. The lowest BCUT2D eigenvalue weighted by Crippen LogP contribution is -2.34. The van der Waals surface area contributed by atoms with Gasteiger partial charge in [-0.15, -0.1) is 0 Å². The van der Waals surface area contributed by atoms with Gasteiger partial charge in [0, 0.05) is 5.69 Å². The average Bonchev–Trinajstić information content (AvgIpc) is 2.77. The van der Waals surface area contributed by atoms with Crippen LogP contribution in [0.5, 0.6) is 0 Å². The zero-order valence-corrected chi connectivity index (χ0v) is 12.7. The molecule has 1 heterocycles. The Balaban J connectivity index is 1.82. The third-order valence-electron chi connectivity index (χ3n) is 3.91. The summed E-state index contributed by atoms with van der Waals surface area (Å²) in [6.45, 7) is 3.95. The third kappa shape index (κ3) is 2.60. The van der Waals surface area contributed by atoms with Crippen molar-refractivity contribution in [1.29, 1.82) is 0 Å². The Hall–Kier alpha value is -2.62. The lowest BCUT2D eigenvalue weighted by molar-refractivity contribution is -0.121. The van der Waals surface area contributed by atoms with Crippen molar-refractivity contribution in [3.63, 3.8) is 0 Å². The van der Waals surface area contributed by atoms with Gasteiger partial charge in [-0.05, 0) is 37.6 Å². The Labute approximate surface area is 129 Å². The van der Waals surface area contributed by atoms with Crippen LogP contribution in [0.1, 0.15) is 17.5 Å². The van der Waals surface area contributed by atoms with Crippen LogP contribution in [0.15, 0.2) is 48.5 Å². The van der Waals surface area contributed by atoms with Crippen molar-refractivity contribution in [3.05, 3.63) is 59.7 Å². The first-order valence-corrected chi connectivity index (χ1v) is 7.32. The molecule has 4 nitrogen and oxygen atoms in total. The van der Waals surface area contributed by atoms with Crippen molar-refractivity contribution in [1.82, 2.24) is 0 Å². The minimum Gasteiger partial charge on any atom is -0.373 e. The maximum Gasteiger partial charge on any atom is 0.256 e. The van der Waals surface area contributed by atoms with E-state index in [-0.39, 0.29) is 18.2 Å². The van der Waals surface area contributed by atoms with Crippen LogP contribution in [0.4, 0.5) is 11.4 Å². The molecule has 1 atom stereocenters. The Morgan fingerprint density at radius 2 is 1.68 bits per heavy atom. The summed E-state index contributed by atoms with van der Waals surface area (Å²) in [5.41, 5.74) is 3.67. The van der Waals surface area contributed by atoms with Crippen molar-refractivity contribution in [2.45, 2.75) is 26.3 Å². The van der Waals surface area contributed by atoms with Crippen LogP contribution in [0.3, 0.4) is 0 Å². The van der Waals surface area contributed by atoms with Gasteiger partial charge in [-0.1, -0.05) is 35.9 Å². The third-order valence-corrected chi connectivity index (χ3v) is 3.91. The largest absolute Gasteiger partial charge is 0.373 e. The van der Waals surface area contributed by atoms with Crippen LogP contribution in [-0.2, 0) is 9.59 Å². The minimum atomic E-state index is -0.505. The van der Waals surface area contributed by atoms with Crippen molar-refractivity contribution in [2.75, 3.05) is 10.2 Å². The zero-order valence-electron chi connectivity index (χ0n) is 12.7. The quantitative estimate of drug-likeness (QED) is 0.885. The maximum absolute atomic E-state index is 12.6. The smallest absolute Gasteiger partial charge is 0.256 e. The zero-order chi connectivity index (χ0) is 15.7. The highest BCUT2D eigenvalue weighted by atomic mass is 16.2. The summed E-state index contributed by atoms with van der Waals surface area (Å²) >= 11 is 0. The van der Waals surface area contributed by atoms with Gasteiger partial charge in [0.25, 0.3) is 5.91 Å². The van der Waals surface area contributed by atoms with Crippen molar-refractivity contribution in [2.24, 2.45) is 0 Å². The summed E-state index contributed by atoms with van der Waals surface area (Å²) in [5.74, 6) is -0.364. The molecule has 22 heavy (non-hydrogen) atoms. The molecule has 0 saturated carbocycles. The Morgan fingerprint density at radius 1 is 1.00 bits per heavy atom. The number of carbonyl (C=O) groups excluding carboxylic acids is 2. The number of nitrogens with one attached hydrogen (secondary N) is 1. The summed E-state index contributed by atoms with van der Waals surface area (Å²) in [4.78, 5) is 26.1. The summed E-state index contributed by atoms with van der Waals surface area (Å²) in [5, 5.41) is 3.19. The molecule has 1 aliphatic heterocycles. The van der Waals surface area contributed by atoms with E-state index < -0.39 is 6.04 Å². The molecular formula is C18H18N2O2. The number of aryl methyl sites for hydroxylation is 2. The molecule has 2 aromatic carbocycles. The van der Waals surface area contributed by atoms with Gasteiger partial charge in [0.1, 0.15) is 6.04 Å². The van der Waals surface area contributed by atoms with Gasteiger partial charge in [-0.25, -0.2) is 4.90 Å². The topological polar surface area (TPSA) is 49.4 Å². The fourth-order valence-electron chi connectivity index (χ4n) is 2.63. The van der Waals surface area contributed by atoms with Crippen LogP contribution in [0.25, 0.3) is 0 Å². The van der Waals surface area contributed by atoms with Crippen LogP contribution in [-0.4, -0.2) is 17.9 Å². The number of nitrogens with zero attached hydrogens (tertiary/aromatic N) is 1. The summed E-state index contributed by atoms with van der Waals surface area (Å²) < 4.78 is 0. The molecule has 112 valence electrons. The molecule has 0 unspecified atom stereocenters. The second-order valence-corrected chi connectivity index (χ2v) is 5.62. The van der Waals surface area contributed by atoms with Crippen LogP contribution >= 0.6 is 0 Å². The van der Waals surface area contributed by atoms with Gasteiger partial charge in [-0.3, -0.25) is 9.59 Å². The SMILES string of the molecule is Cc1ccc(N2C(=O)C[C@@H](Nc3ccccc3C)C2=O)cc1. The minimum absolute atomic E-state index is 0.167. The highest BCUT2D eigenvalue weighted by Crippen LogP contribution is 2.26. The first kappa shape index (κ1) is 14.3. The molecule has 0 radical (unpaired) electrons. The van der Waals surface area contributed by atoms with Gasteiger partial charge < -0.3 is 5.32 Å². The van der Waals surface area contributed by atoms with E-state index in [2.05, 4.69) is 5.32 Å². The van der Waals surface area contributed by atoms with E-state index in [0.29, 0.717) is 5.69 Å². The first-order chi connectivity index (χ1) is 10.6. The van der Waals surface area contributed by atoms with Gasteiger partial charge in [-0.2, -0.15) is 0 Å². The molecule has 0 aliphatic carbocycles. The van der Waals surface area contributed by atoms with Crippen molar-refractivity contribution >= 4 is 23.2 Å². The fraction of sp³-hybridized carbons (Fsp3) is 0.222. The second kappa shape index (κ2) is 5.64. The molecule has 3 rings (SSSR count). The normalized spacial score (nSPS) is 17.9. The molecule has 1 saturated heterocycles. The van der Waals surface area contributed by atoms with E-state index in [1.807, 2.05) is 50.2 Å². The van der Waals surface area contributed by atoms with E-state index in [1.165, 1.54) is 4.90 Å². The molecule has 2 aromatic rings. The molecule has 1 N–H and O–H groups in total. The number of imide groups is 1. The van der Waals surface area contributed by atoms with Gasteiger partial charge in [0.2, 0.25) is 5.91 Å². The molecule has 1 fully saturated rings. The first-order valence-electron chi connectivity index (χ1n) is 7.32. The van der Waals surface area contributed by atoms with E-state index >= 15 is 0 Å². The number of benzene rings is 2. The number of anilines is 2. The molecule has 4 heteroatoms. The summed E-state index contributed by atoms with van der Waals surface area (Å²) in [7, 11) is 0. The van der Waals surface area contributed by atoms with Crippen LogP contribution < -0.4 is 10.2 Å². The molecular weight excluding hydrogens is 276 g/mol. The maximum atomic E-state index is 12.6. The van der Waals surface area contributed by atoms with E-state index in [4.69, 9.17) is 0 Å². The van der Waals surface area contributed by atoms with E-state index in [0.717, 1.165) is 16.8 Å². The monoisotopic (exact) mass is 294 g/mol. The van der Waals surface area contributed by atoms with Crippen LogP contribution in [0, 0.1) is 13.8 Å². The second-order valence-electron chi connectivity index (χ2n) is 5.62. The van der Waals surface area contributed by atoms with Gasteiger partial charge >= 0.3 is 0 Å². The summed E-state index contributed by atoms with van der Waals surface area (Å²) in [6.07, 6.45) is 0.182. The predicted octanol–water partition coefficient (Wildman–Crippen LogP) is 3.05. The standard InChI is InChI=1S/C18H18N2O2/c1-12-7-9-14(10-8-12)20-17(21)11-16(18(20)22)19-15-6-4-3-5-13(15)2/h3-10,16,19H,11H2,1-2H3/t16-/m1/s1. The van der Waals surface area contributed by atoms with Crippen molar-refractivity contribution < 1.29 is 9.59 Å². The fourth-order valence-corrected chi connectivity index (χ4v) is 2.63. The van der Waals surface area contributed by atoms with E-state index in [1.54, 1.807) is 12.1 Å². The Kier molecular flexibility index (Phi) is 3.67. The molecule has 0 aromatic heterocycles. The van der Waals surface area contributed by atoms with Crippen LogP contribution in [0.2, 0.25) is 0 Å². The number of amides is 2.